The number of carbonyl (C=O) groups is 2. The van der Waals surface area contributed by atoms with Crippen LogP contribution in [-0.4, -0.2) is 35.9 Å². The number of amides is 2. The molecule has 1 atom stereocenters. The molecule has 3 rings (SSSR count). The number of carbonyl (C=O) groups excluding carboxylic acids is 2. The number of nitrogens with zero attached hydrogens (tertiary/aromatic N) is 2. The van der Waals surface area contributed by atoms with Crippen molar-refractivity contribution >= 4 is 29.1 Å². The molecule has 0 aromatic heterocycles. The van der Waals surface area contributed by atoms with Crippen LogP contribution in [0.25, 0.3) is 0 Å². The van der Waals surface area contributed by atoms with Crippen molar-refractivity contribution in [2.24, 2.45) is 0 Å². The van der Waals surface area contributed by atoms with Crippen molar-refractivity contribution in [3.05, 3.63) is 71.3 Å². The zero-order valence-corrected chi connectivity index (χ0v) is 17.0. The Kier molecular flexibility index (Phi) is 5.47. The van der Waals surface area contributed by atoms with E-state index in [2.05, 4.69) is 6.58 Å². The van der Waals surface area contributed by atoms with Gasteiger partial charge in [-0.2, -0.15) is 0 Å². The fraction of sp³-hybridized carbons (Fsp3) is 0.273. The molecule has 0 radical (unpaired) electrons. The van der Waals surface area contributed by atoms with Crippen molar-refractivity contribution in [1.29, 1.82) is 0 Å². The molecule has 146 valence electrons. The van der Waals surface area contributed by atoms with E-state index in [1.165, 1.54) is 11.8 Å². The normalized spacial score (nSPS) is 18.3. The molecule has 6 heteroatoms. The molecule has 0 fully saturated rings. The number of hydrogen-bond donors (Lipinski definition) is 0. The lowest BCUT2D eigenvalue weighted by Gasteiger charge is -2.40. The van der Waals surface area contributed by atoms with Crippen LogP contribution >= 0.6 is 11.6 Å². The van der Waals surface area contributed by atoms with Crippen LogP contribution in [0.1, 0.15) is 18.1 Å². The smallest absolute Gasteiger partial charge is 0.280 e. The SMILES string of the molecule is C=CCN(Cc1ccc(Cl)cc1)C(=O)C1(C)Oc2ccc(C)cc2N(C)C1=O. The van der Waals surface area contributed by atoms with E-state index in [0.29, 0.717) is 23.0 Å². The minimum atomic E-state index is -1.65. The molecule has 0 aliphatic carbocycles. The lowest BCUT2D eigenvalue weighted by atomic mass is 9.98. The highest BCUT2D eigenvalue weighted by Crippen LogP contribution is 2.38. The van der Waals surface area contributed by atoms with Gasteiger partial charge in [0.25, 0.3) is 17.4 Å². The van der Waals surface area contributed by atoms with Gasteiger partial charge in [0.15, 0.2) is 0 Å². The van der Waals surface area contributed by atoms with Gasteiger partial charge in [0.05, 0.1) is 5.69 Å². The van der Waals surface area contributed by atoms with Gasteiger partial charge in [0, 0.05) is 25.2 Å². The highest BCUT2D eigenvalue weighted by atomic mass is 35.5. The molecule has 0 spiro atoms. The van der Waals surface area contributed by atoms with E-state index < -0.39 is 17.4 Å². The van der Waals surface area contributed by atoms with Gasteiger partial charge in [0.2, 0.25) is 0 Å². The summed E-state index contributed by atoms with van der Waals surface area (Å²) in [7, 11) is 1.66. The fourth-order valence-electron chi connectivity index (χ4n) is 3.29. The third kappa shape index (κ3) is 3.62. The van der Waals surface area contributed by atoms with E-state index in [1.807, 2.05) is 31.2 Å². The zero-order valence-electron chi connectivity index (χ0n) is 16.2. The van der Waals surface area contributed by atoms with Crippen molar-refractivity contribution in [2.75, 3.05) is 18.5 Å². The molecule has 0 N–H and O–H groups in total. The van der Waals surface area contributed by atoms with E-state index in [-0.39, 0.29) is 6.54 Å². The first kappa shape index (κ1) is 20.0. The summed E-state index contributed by atoms with van der Waals surface area (Å²) in [6, 6.07) is 12.8. The second-order valence-corrected chi connectivity index (χ2v) is 7.51. The standard InChI is InChI=1S/C22H23ClN2O3/c1-5-12-25(14-16-7-9-17(23)10-8-16)21(27)22(3)20(26)24(4)18-13-15(2)6-11-19(18)28-22/h5-11,13H,1,12,14H2,2-4H3. The lowest BCUT2D eigenvalue weighted by molar-refractivity contribution is -0.155. The first-order valence-electron chi connectivity index (χ1n) is 8.99. The maximum Gasteiger partial charge on any atom is 0.280 e. The molecule has 2 amide bonds. The summed E-state index contributed by atoms with van der Waals surface area (Å²) in [5, 5.41) is 0.622. The molecule has 2 aromatic rings. The van der Waals surface area contributed by atoms with Crippen molar-refractivity contribution in [2.45, 2.75) is 26.0 Å². The highest BCUT2D eigenvalue weighted by molar-refractivity contribution is 6.30. The van der Waals surface area contributed by atoms with Crippen LogP contribution in [0.4, 0.5) is 5.69 Å². The number of anilines is 1. The van der Waals surface area contributed by atoms with Gasteiger partial charge in [-0.05, 0) is 49.2 Å². The number of ether oxygens (including phenoxy) is 1. The molecule has 1 heterocycles. The monoisotopic (exact) mass is 398 g/mol. The molecule has 2 aromatic carbocycles. The Morgan fingerprint density at radius 3 is 2.61 bits per heavy atom. The van der Waals surface area contributed by atoms with Gasteiger partial charge < -0.3 is 14.5 Å². The fourth-order valence-corrected chi connectivity index (χ4v) is 3.42. The minimum absolute atomic E-state index is 0.290. The second-order valence-electron chi connectivity index (χ2n) is 7.07. The first-order valence-corrected chi connectivity index (χ1v) is 9.36. The predicted octanol–water partition coefficient (Wildman–Crippen LogP) is 3.98. The Morgan fingerprint density at radius 2 is 1.96 bits per heavy atom. The maximum absolute atomic E-state index is 13.4. The Hall–Kier alpha value is -2.79. The van der Waals surface area contributed by atoms with Crippen LogP contribution in [-0.2, 0) is 16.1 Å². The minimum Gasteiger partial charge on any atom is -0.465 e. The summed E-state index contributed by atoms with van der Waals surface area (Å²) in [6.07, 6.45) is 1.63. The number of aryl methyl sites for hydroxylation is 1. The van der Waals surface area contributed by atoms with Gasteiger partial charge in [-0.3, -0.25) is 9.59 Å². The maximum atomic E-state index is 13.4. The Balaban J connectivity index is 1.93. The lowest BCUT2D eigenvalue weighted by Crippen LogP contribution is -2.62. The van der Waals surface area contributed by atoms with Crippen molar-refractivity contribution in [1.82, 2.24) is 4.90 Å². The third-order valence-electron chi connectivity index (χ3n) is 4.83. The Bertz CT molecular complexity index is 926. The molecule has 5 nitrogen and oxygen atoms in total. The number of benzene rings is 2. The number of hydrogen-bond acceptors (Lipinski definition) is 3. The van der Waals surface area contributed by atoms with Crippen LogP contribution in [0, 0.1) is 6.92 Å². The highest BCUT2D eigenvalue weighted by Gasteiger charge is 2.51. The van der Waals surface area contributed by atoms with Crippen molar-refractivity contribution in [3.63, 3.8) is 0 Å². The van der Waals surface area contributed by atoms with E-state index in [4.69, 9.17) is 16.3 Å². The molecule has 0 bridgehead atoms. The van der Waals surface area contributed by atoms with Crippen molar-refractivity contribution in [3.8, 4) is 5.75 Å². The number of rotatable bonds is 5. The largest absolute Gasteiger partial charge is 0.465 e. The van der Waals surface area contributed by atoms with Gasteiger partial charge in [-0.25, -0.2) is 0 Å². The van der Waals surface area contributed by atoms with E-state index in [9.17, 15) is 9.59 Å². The number of fused-ring (bicyclic) bond motifs is 1. The summed E-state index contributed by atoms with van der Waals surface area (Å²) in [6.45, 7) is 7.81. The third-order valence-corrected chi connectivity index (χ3v) is 5.09. The van der Waals surface area contributed by atoms with Gasteiger partial charge in [0.1, 0.15) is 5.75 Å². The van der Waals surface area contributed by atoms with E-state index in [0.717, 1.165) is 11.1 Å². The van der Waals surface area contributed by atoms with Crippen molar-refractivity contribution < 1.29 is 14.3 Å². The second kappa shape index (κ2) is 7.68. The first-order chi connectivity index (χ1) is 13.3. The molecule has 1 aliphatic heterocycles. The summed E-state index contributed by atoms with van der Waals surface area (Å²) in [5.41, 5.74) is 0.916. The Labute approximate surface area is 170 Å². The summed E-state index contributed by atoms with van der Waals surface area (Å²) in [5.74, 6) is -0.306. The molecule has 1 aliphatic rings. The van der Waals surface area contributed by atoms with Gasteiger partial charge >= 0.3 is 0 Å². The zero-order chi connectivity index (χ0) is 20.5. The summed E-state index contributed by atoms with van der Waals surface area (Å²) in [4.78, 5) is 29.5. The van der Waals surface area contributed by atoms with Crippen LogP contribution in [0.15, 0.2) is 55.1 Å². The van der Waals surface area contributed by atoms with Crippen LogP contribution in [0.5, 0.6) is 5.75 Å². The predicted molar refractivity (Wildman–Crippen MR) is 111 cm³/mol. The molecular weight excluding hydrogens is 376 g/mol. The van der Waals surface area contributed by atoms with Gasteiger partial charge in [-0.15, -0.1) is 6.58 Å². The van der Waals surface area contributed by atoms with Crippen LogP contribution < -0.4 is 9.64 Å². The summed E-state index contributed by atoms with van der Waals surface area (Å²) >= 11 is 5.94. The van der Waals surface area contributed by atoms with Crippen LogP contribution in [0.3, 0.4) is 0 Å². The topological polar surface area (TPSA) is 49.9 Å². The van der Waals surface area contributed by atoms with Crippen LogP contribution in [0.2, 0.25) is 5.02 Å². The molecule has 28 heavy (non-hydrogen) atoms. The summed E-state index contributed by atoms with van der Waals surface area (Å²) < 4.78 is 5.97. The number of likely N-dealkylation sites (N-methyl/N-ethyl adjacent to an activating group) is 1. The number of halogens is 1. The molecule has 1 unspecified atom stereocenters. The van der Waals surface area contributed by atoms with Gasteiger partial charge in [-0.1, -0.05) is 35.9 Å². The van der Waals surface area contributed by atoms with E-state index in [1.54, 1.807) is 36.2 Å². The molecule has 0 saturated heterocycles. The molecule has 0 saturated carbocycles. The average molecular weight is 399 g/mol. The van der Waals surface area contributed by atoms with E-state index >= 15 is 0 Å². The quantitative estimate of drug-likeness (QED) is 0.565. The Morgan fingerprint density at radius 1 is 1.29 bits per heavy atom. The average Bonchev–Trinajstić information content (AvgIpc) is 2.68. The molecular formula is C22H23ClN2O3.